The Labute approximate surface area is 222 Å². The average molecular weight is 557 g/mol. The number of sulfonamides is 2. The minimum Gasteiger partial charge on any atom is -0.378 e. The van der Waals surface area contributed by atoms with Crippen molar-refractivity contribution in [1.29, 1.82) is 0 Å². The maximum absolute atomic E-state index is 13.3. The molecule has 2 aliphatic heterocycles. The van der Waals surface area contributed by atoms with Gasteiger partial charge in [0, 0.05) is 26.2 Å². The van der Waals surface area contributed by atoms with Crippen molar-refractivity contribution in [2.24, 2.45) is 8.80 Å². The van der Waals surface area contributed by atoms with Gasteiger partial charge in [0.2, 0.25) is 0 Å². The fraction of sp³-hybridized carbons (Fsp3) is 0.308. The van der Waals surface area contributed by atoms with Crippen LogP contribution in [0.3, 0.4) is 0 Å². The lowest BCUT2D eigenvalue weighted by molar-refractivity contribution is 0.0552. The molecule has 0 spiro atoms. The fourth-order valence-corrected chi connectivity index (χ4v) is 6.39. The molecule has 0 unspecified atom stereocenters. The third-order valence-electron chi connectivity index (χ3n) is 6.29. The first-order chi connectivity index (χ1) is 18.3. The van der Waals surface area contributed by atoms with Crippen molar-refractivity contribution < 1.29 is 26.3 Å². The predicted octanol–water partition coefficient (Wildman–Crippen LogP) is 2.09. The first-order valence-corrected chi connectivity index (χ1v) is 15.1. The molecule has 3 aliphatic rings. The maximum atomic E-state index is 13.3. The number of morpholine rings is 2. The second-order valence-corrected chi connectivity index (χ2v) is 12.0. The van der Waals surface area contributed by atoms with Gasteiger partial charge in [-0.1, -0.05) is 36.4 Å². The van der Waals surface area contributed by atoms with Crippen LogP contribution in [0.25, 0.3) is 0 Å². The molecular formula is C26H28N4O6S2. The van der Waals surface area contributed by atoms with Gasteiger partial charge in [-0.05, 0) is 36.4 Å². The molecule has 200 valence electrons. The van der Waals surface area contributed by atoms with Crippen LogP contribution in [0, 0.1) is 0 Å². The van der Waals surface area contributed by atoms with Crippen LogP contribution in [0.2, 0.25) is 0 Å². The summed E-state index contributed by atoms with van der Waals surface area (Å²) < 4.78 is 72.5. The summed E-state index contributed by atoms with van der Waals surface area (Å²) in [7, 11) is -8.08. The number of benzene rings is 2. The number of hydrogen-bond donors (Lipinski definition) is 0. The molecule has 0 saturated carbocycles. The fourth-order valence-electron chi connectivity index (χ4n) is 4.37. The maximum Gasteiger partial charge on any atom is 0.282 e. The summed E-state index contributed by atoms with van der Waals surface area (Å²) in [5, 5.41) is 0. The largest absolute Gasteiger partial charge is 0.378 e. The Morgan fingerprint density at radius 3 is 1.24 bits per heavy atom. The lowest BCUT2D eigenvalue weighted by Gasteiger charge is -2.36. The molecule has 0 bridgehead atoms. The first kappa shape index (κ1) is 26.3. The number of ether oxygens (including phenoxy) is 2. The van der Waals surface area contributed by atoms with Gasteiger partial charge >= 0.3 is 0 Å². The van der Waals surface area contributed by atoms with Crippen LogP contribution in [0.15, 0.2) is 103 Å². The second-order valence-electron chi connectivity index (χ2n) is 8.79. The molecule has 0 aromatic heterocycles. The summed E-state index contributed by atoms with van der Waals surface area (Å²) >= 11 is 0. The number of rotatable bonds is 6. The third kappa shape index (κ3) is 5.88. The molecule has 5 rings (SSSR count). The summed E-state index contributed by atoms with van der Waals surface area (Å²) in [6.07, 6.45) is 3.24. The van der Waals surface area contributed by atoms with Gasteiger partial charge in [-0.3, -0.25) is 0 Å². The summed E-state index contributed by atoms with van der Waals surface area (Å²) in [6.45, 7) is 3.78. The van der Waals surface area contributed by atoms with E-state index in [1.165, 1.54) is 24.3 Å². The molecule has 0 radical (unpaired) electrons. The molecule has 12 heteroatoms. The minimum absolute atomic E-state index is 0.0706. The Morgan fingerprint density at radius 1 is 0.553 bits per heavy atom. The van der Waals surface area contributed by atoms with Crippen molar-refractivity contribution in [3.8, 4) is 0 Å². The van der Waals surface area contributed by atoms with Crippen LogP contribution in [-0.4, -0.2) is 90.7 Å². The van der Waals surface area contributed by atoms with E-state index in [1.54, 1.807) is 48.6 Å². The minimum atomic E-state index is -4.04. The van der Waals surface area contributed by atoms with E-state index in [9.17, 15) is 16.8 Å². The average Bonchev–Trinajstić information content (AvgIpc) is 2.95. The zero-order valence-electron chi connectivity index (χ0n) is 20.6. The van der Waals surface area contributed by atoms with Gasteiger partial charge < -0.3 is 19.3 Å². The number of hydrogen-bond acceptors (Lipinski definition) is 8. The van der Waals surface area contributed by atoms with Crippen molar-refractivity contribution in [1.82, 2.24) is 9.80 Å². The van der Waals surface area contributed by atoms with E-state index in [2.05, 4.69) is 8.80 Å². The molecule has 10 nitrogen and oxygen atoms in total. The summed E-state index contributed by atoms with van der Waals surface area (Å²) in [5.41, 5.74) is 1.39. The van der Waals surface area contributed by atoms with Gasteiger partial charge in [0.1, 0.15) is 11.4 Å². The zero-order valence-corrected chi connectivity index (χ0v) is 22.3. The second kappa shape index (κ2) is 11.2. The Hall–Kier alpha value is -3.32. The zero-order chi connectivity index (χ0) is 26.6. The summed E-state index contributed by atoms with van der Waals surface area (Å²) in [4.78, 5) is 4.03. The van der Waals surface area contributed by atoms with E-state index in [4.69, 9.17) is 9.47 Å². The van der Waals surface area contributed by atoms with Gasteiger partial charge in [-0.2, -0.15) is 25.6 Å². The topological polar surface area (TPSA) is 118 Å². The van der Waals surface area contributed by atoms with Crippen LogP contribution < -0.4 is 0 Å². The van der Waals surface area contributed by atoms with Crippen molar-refractivity contribution >= 4 is 31.5 Å². The molecule has 2 aromatic rings. The monoisotopic (exact) mass is 556 g/mol. The van der Waals surface area contributed by atoms with Crippen molar-refractivity contribution in [2.75, 3.05) is 52.6 Å². The van der Waals surface area contributed by atoms with E-state index >= 15 is 0 Å². The molecular weight excluding hydrogens is 528 g/mol. The quantitative estimate of drug-likeness (QED) is 0.497. The molecule has 2 heterocycles. The van der Waals surface area contributed by atoms with Crippen LogP contribution in [0.5, 0.6) is 0 Å². The highest BCUT2D eigenvalue weighted by molar-refractivity contribution is 7.90. The van der Waals surface area contributed by atoms with E-state index in [-0.39, 0.29) is 21.2 Å². The molecule has 0 atom stereocenters. The normalized spacial score (nSPS) is 21.4. The van der Waals surface area contributed by atoms with E-state index in [1.807, 2.05) is 9.80 Å². The van der Waals surface area contributed by atoms with E-state index in [0.717, 1.165) is 0 Å². The van der Waals surface area contributed by atoms with E-state index in [0.29, 0.717) is 64.0 Å². The first-order valence-electron chi connectivity index (χ1n) is 12.2. The summed E-state index contributed by atoms with van der Waals surface area (Å²) in [6, 6.07) is 16.0. The van der Waals surface area contributed by atoms with E-state index < -0.39 is 20.0 Å². The predicted molar refractivity (Wildman–Crippen MR) is 143 cm³/mol. The van der Waals surface area contributed by atoms with Crippen LogP contribution in [0.4, 0.5) is 0 Å². The van der Waals surface area contributed by atoms with Gasteiger partial charge in [0.25, 0.3) is 20.0 Å². The Balaban J connectivity index is 1.66. The molecule has 2 saturated heterocycles. The molecule has 0 N–H and O–H groups in total. The highest BCUT2D eigenvalue weighted by Gasteiger charge is 2.30. The van der Waals surface area contributed by atoms with Crippen molar-refractivity contribution in [2.45, 2.75) is 9.79 Å². The standard InChI is InChI=1S/C26H28N4O6S2/c31-37(32,21-7-3-1-4-8-21)27-23-19-26(30-13-17-36-18-14-30)24(20-25(23)29-11-15-35-16-12-29)28-38(33,34)22-9-5-2-6-10-22/h1-10,19-20H,11-18H2/b27-23+,28-24+. The van der Waals surface area contributed by atoms with Crippen molar-refractivity contribution in [3.05, 3.63) is 84.2 Å². The smallest absolute Gasteiger partial charge is 0.282 e. The van der Waals surface area contributed by atoms with Gasteiger partial charge in [-0.15, -0.1) is 0 Å². The molecule has 0 amide bonds. The van der Waals surface area contributed by atoms with Crippen LogP contribution in [0.1, 0.15) is 0 Å². The number of nitrogens with zero attached hydrogens (tertiary/aromatic N) is 4. The Bertz CT molecular complexity index is 1370. The Kier molecular flexibility index (Phi) is 7.75. The lowest BCUT2D eigenvalue weighted by atomic mass is 10.0. The molecule has 2 aromatic carbocycles. The lowest BCUT2D eigenvalue weighted by Crippen LogP contribution is -2.42. The highest BCUT2D eigenvalue weighted by Crippen LogP contribution is 2.26. The van der Waals surface area contributed by atoms with Crippen LogP contribution >= 0.6 is 0 Å². The molecule has 38 heavy (non-hydrogen) atoms. The van der Waals surface area contributed by atoms with Crippen LogP contribution in [-0.2, 0) is 29.5 Å². The van der Waals surface area contributed by atoms with Gasteiger partial charge in [-0.25, -0.2) is 0 Å². The number of allylic oxidation sites excluding steroid dienone is 2. The van der Waals surface area contributed by atoms with Gasteiger partial charge in [0.15, 0.2) is 0 Å². The SMILES string of the molecule is O=S(=O)(/N=C1C=C(N2CCOCC2)/C(=N/S(=O)(=O)c2ccccc2)C=C\1N1CCOCC1)c1ccccc1. The van der Waals surface area contributed by atoms with Crippen molar-refractivity contribution in [3.63, 3.8) is 0 Å². The molecule has 2 fully saturated rings. The highest BCUT2D eigenvalue weighted by atomic mass is 32.2. The summed E-state index contributed by atoms with van der Waals surface area (Å²) in [5.74, 6) is 0. The third-order valence-corrected chi connectivity index (χ3v) is 8.90. The Morgan fingerprint density at radius 2 is 0.895 bits per heavy atom. The molecule has 1 aliphatic carbocycles. The van der Waals surface area contributed by atoms with Gasteiger partial charge in [0.05, 0.1) is 47.6 Å².